The molecule has 0 aromatic carbocycles. The van der Waals surface area contributed by atoms with Gasteiger partial charge in [0.2, 0.25) is 11.9 Å². The molecule has 32 heavy (non-hydrogen) atoms. The van der Waals surface area contributed by atoms with Crippen LogP contribution in [0.2, 0.25) is 0 Å². The van der Waals surface area contributed by atoms with Crippen molar-refractivity contribution in [2.75, 3.05) is 11.9 Å². The quantitative estimate of drug-likeness (QED) is 0.645. The first kappa shape index (κ1) is 21.3. The topological polar surface area (TPSA) is 121 Å². The number of halogens is 3. The second-order valence-electron chi connectivity index (χ2n) is 9.96. The van der Waals surface area contributed by atoms with Gasteiger partial charge < -0.3 is 21.1 Å². The van der Waals surface area contributed by atoms with Crippen LogP contribution < -0.4 is 11.1 Å². The van der Waals surface area contributed by atoms with Crippen LogP contribution in [0.25, 0.3) is 0 Å². The molecule has 4 atom stereocenters. The molecule has 6 rings (SSSR count). The van der Waals surface area contributed by atoms with Crippen LogP contribution in [0.15, 0.2) is 12.3 Å². The number of hydrogen-bond acceptors (Lipinski definition) is 5. The molecule has 4 unspecified atom stereocenters. The Balaban J connectivity index is 1.43. The Labute approximate surface area is 182 Å². The van der Waals surface area contributed by atoms with E-state index >= 15 is 0 Å². The van der Waals surface area contributed by atoms with Crippen molar-refractivity contribution < 1.29 is 27.9 Å². The first-order valence-electron chi connectivity index (χ1n) is 11.0. The van der Waals surface area contributed by atoms with Crippen LogP contribution in [0.3, 0.4) is 0 Å². The van der Waals surface area contributed by atoms with E-state index in [9.17, 15) is 27.9 Å². The SMILES string of the molecule is NC(=O)C12CC3CC(C1)C(C1C(Nc4nccc(C(F)(F)F)n4)CCN1C(=O)O)C(C3)C2. The summed E-state index contributed by atoms with van der Waals surface area (Å²) in [5, 5.41) is 12.9. The largest absolute Gasteiger partial charge is 0.465 e. The Kier molecular flexibility index (Phi) is 4.79. The molecular weight excluding hydrogens is 427 g/mol. The second-order valence-corrected chi connectivity index (χ2v) is 9.96. The molecule has 5 fully saturated rings. The van der Waals surface area contributed by atoms with Gasteiger partial charge in [-0.15, -0.1) is 0 Å². The zero-order chi connectivity index (χ0) is 22.8. The summed E-state index contributed by atoms with van der Waals surface area (Å²) in [6.45, 7) is 0.289. The van der Waals surface area contributed by atoms with Crippen LogP contribution in [-0.2, 0) is 11.0 Å². The molecule has 2 amide bonds. The van der Waals surface area contributed by atoms with Crippen molar-refractivity contribution >= 4 is 17.9 Å². The fraction of sp³-hybridized carbons (Fsp3) is 0.714. The molecule has 1 aromatic rings. The summed E-state index contributed by atoms with van der Waals surface area (Å²) in [6.07, 6.45) is -0.107. The van der Waals surface area contributed by atoms with Crippen molar-refractivity contribution in [3.05, 3.63) is 18.0 Å². The average molecular weight is 453 g/mol. The lowest BCUT2D eigenvalue weighted by Gasteiger charge is -2.61. The van der Waals surface area contributed by atoms with E-state index in [4.69, 9.17) is 5.73 Å². The molecule has 8 nitrogen and oxygen atoms in total. The number of amides is 2. The highest BCUT2D eigenvalue weighted by atomic mass is 19.4. The second kappa shape index (κ2) is 7.21. The van der Waals surface area contributed by atoms with E-state index < -0.39 is 35.5 Å². The van der Waals surface area contributed by atoms with Crippen LogP contribution in [-0.4, -0.2) is 50.6 Å². The first-order valence-corrected chi connectivity index (χ1v) is 11.0. The fourth-order valence-electron chi connectivity index (χ4n) is 7.35. The van der Waals surface area contributed by atoms with Gasteiger partial charge in [-0.1, -0.05) is 0 Å². The van der Waals surface area contributed by atoms with E-state index in [2.05, 4.69) is 15.3 Å². The summed E-state index contributed by atoms with van der Waals surface area (Å²) >= 11 is 0. The van der Waals surface area contributed by atoms with E-state index in [1.807, 2.05) is 0 Å². The van der Waals surface area contributed by atoms with Crippen LogP contribution in [0.1, 0.15) is 44.2 Å². The maximum Gasteiger partial charge on any atom is 0.433 e. The van der Waals surface area contributed by atoms with Gasteiger partial charge in [-0.2, -0.15) is 13.2 Å². The van der Waals surface area contributed by atoms with Gasteiger partial charge in [0.25, 0.3) is 0 Å². The molecule has 4 saturated carbocycles. The summed E-state index contributed by atoms with van der Waals surface area (Å²) in [7, 11) is 0. The maximum atomic E-state index is 13.1. The van der Waals surface area contributed by atoms with Crippen molar-refractivity contribution in [3.63, 3.8) is 0 Å². The predicted molar refractivity (Wildman–Crippen MR) is 106 cm³/mol. The normalized spacial score (nSPS) is 38.2. The molecule has 1 aromatic heterocycles. The van der Waals surface area contributed by atoms with Crippen molar-refractivity contribution in [2.45, 2.75) is 56.8 Å². The number of nitrogens with two attached hydrogens (primary N) is 1. The van der Waals surface area contributed by atoms with Crippen LogP contribution in [0, 0.1) is 29.1 Å². The Hall–Kier alpha value is -2.59. The lowest BCUT2D eigenvalue weighted by Crippen LogP contribution is -2.61. The number of carboxylic acid groups (broad SMARTS) is 1. The number of nitrogens with zero attached hydrogens (tertiary/aromatic N) is 3. The highest BCUT2D eigenvalue weighted by Crippen LogP contribution is 2.63. The number of primary amides is 1. The minimum absolute atomic E-state index is 0.0286. The van der Waals surface area contributed by atoms with Gasteiger partial charge in [-0.3, -0.25) is 4.79 Å². The third kappa shape index (κ3) is 3.36. The number of aromatic nitrogens is 2. The monoisotopic (exact) mass is 453 g/mol. The van der Waals surface area contributed by atoms with Gasteiger partial charge >= 0.3 is 12.3 Å². The average Bonchev–Trinajstić information content (AvgIpc) is 3.10. The van der Waals surface area contributed by atoms with Gasteiger partial charge in [0.05, 0.1) is 12.1 Å². The third-order valence-corrected chi connectivity index (χ3v) is 8.22. The van der Waals surface area contributed by atoms with Gasteiger partial charge in [-0.25, -0.2) is 14.8 Å². The van der Waals surface area contributed by atoms with Crippen molar-refractivity contribution in [1.82, 2.24) is 14.9 Å². The third-order valence-electron chi connectivity index (χ3n) is 8.22. The zero-order valence-corrected chi connectivity index (χ0v) is 17.4. The Morgan fingerprint density at radius 1 is 1.22 bits per heavy atom. The number of carbonyl (C=O) groups is 2. The maximum absolute atomic E-state index is 13.1. The van der Waals surface area contributed by atoms with Gasteiger partial charge in [-0.05, 0) is 68.3 Å². The highest BCUT2D eigenvalue weighted by Gasteiger charge is 2.61. The zero-order valence-electron chi connectivity index (χ0n) is 17.4. The van der Waals surface area contributed by atoms with E-state index in [-0.39, 0.29) is 36.2 Å². The van der Waals surface area contributed by atoms with Gasteiger partial charge in [0.1, 0.15) is 5.69 Å². The van der Waals surface area contributed by atoms with Gasteiger partial charge in [0.15, 0.2) is 0 Å². The molecule has 11 heteroatoms. The van der Waals surface area contributed by atoms with Crippen LogP contribution >= 0.6 is 0 Å². The smallest absolute Gasteiger partial charge is 0.433 e. The lowest BCUT2D eigenvalue weighted by atomic mass is 9.44. The Morgan fingerprint density at radius 3 is 2.50 bits per heavy atom. The standard InChI is InChI=1S/C21H26F3N5O3/c22-21(23,24)14-1-3-26-18(28-14)27-13-2-4-29(19(31)32)16(13)15-11-5-10-6-12(15)9-20(7-10,8-11)17(25)30/h1,3,10-13,15-16H,2,4-9H2,(H2,25,30)(H,31,32)(H,26,27,28). The Bertz CT molecular complexity index is 926. The molecule has 4 bridgehead atoms. The number of likely N-dealkylation sites (tertiary alicyclic amines) is 1. The number of rotatable bonds is 4. The number of nitrogens with one attached hydrogen (secondary N) is 1. The summed E-state index contributed by atoms with van der Waals surface area (Å²) in [5.74, 6) is 0.384. The van der Waals surface area contributed by atoms with Crippen molar-refractivity contribution in [1.29, 1.82) is 0 Å². The molecule has 0 radical (unpaired) electrons. The lowest BCUT2D eigenvalue weighted by molar-refractivity contribution is -0.154. The number of alkyl halides is 3. The van der Waals surface area contributed by atoms with E-state index in [0.29, 0.717) is 25.2 Å². The molecule has 4 aliphatic carbocycles. The van der Waals surface area contributed by atoms with Gasteiger partial charge in [0, 0.05) is 18.2 Å². The first-order chi connectivity index (χ1) is 15.1. The molecule has 2 heterocycles. The van der Waals surface area contributed by atoms with E-state index in [0.717, 1.165) is 31.5 Å². The molecule has 174 valence electrons. The molecule has 0 spiro atoms. The Morgan fingerprint density at radius 2 is 1.91 bits per heavy atom. The van der Waals surface area contributed by atoms with Crippen molar-refractivity contribution in [3.8, 4) is 0 Å². The summed E-state index contributed by atoms with van der Waals surface area (Å²) in [5.41, 5.74) is 4.24. The summed E-state index contributed by atoms with van der Waals surface area (Å²) < 4.78 is 39.2. The van der Waals surface area contributed by atoms with E-state index in [1.165, 1.54) is 4.90 Å². The number of carbonyl (C=O) groups excluding carboxylic acids is 1. The minimum Gasteiger partial charge on any atom is -0.465 e. The summed E-state index contributed by atoms with van der Waals surface area (Å²) in [6, 6.07) is -0.00528. The summed E-state index contributed by atoms with van der Waals surface area (Å²) in [4.78, 5) is 33.3. The minimum atomic E-state index is -4.59. The van der Waals surface area contributed by atoms with Crippen LogP contribution in [0.5, 0.6) is 0 Å². The van der Waals surface area contributed by atoms with Crippen LogP contribution in [0.4, 0.5) is 23.9 Å². The van der Waals surface area contributed by atoms with Crippen molar-refractivity contribution in [2.24, 2.45) is 34.8 Å². The van der Waals surface area contributed by atoms with E-state index in [1.54, 1.807) is 0 Å². The molecule has 4 N–H and O–H groups in total. The molecule has 5 aliphatic rings. The molecule has 1 saturated heterocycles. The number of anilines is 1. The predicted octanol–water partition coefficient (Wildman–Crippen LogP) is 2.96. The molecular formula is C21H26F3N5O3. The fourth-order valence-corrected chi connectivity index (χ4v) is 7.35. The highest BCUT2D eigenvalue weighted by molar-refractivity contribution is 5.81. The number of hydrogen-bond donors (Lipinski definition) is 3. The molecule has 1 aliphatic heterocycles.